The number of hydrogen-bond acceptors (Lipinski definition) is 6. The van der Waals surface area contributed by atoms with Gasteiger partial charge in [0.2, 0.25) is 0 Å². The highest BCUT2D eigenvalue weighted by Gasteiger charge is 2.11. The molecule has 7 heteroatoms. The van der Waals surface area contributed by atoms with Gasteiger partial charge in [0.05, 0.1) is 11.5 Å². The molecule has 0 amide bonds. The van der Waals surface area contributed by atoms with Crippen LogP contribution in [-0.2, 0) is 4.74 Å². The van der Waals surface area contributed by atoms with E-state index < -0.39 is 4.92 Å². The highest BCUT2D eigenvalue weighted by molar-refractivity contribution is 5.77. The third-order valence-electron chi connectivity index (χ3n) is 2.94. The predicted octanol–water partition coefficient (Wildman–Crippen LogP) is 3.21. The summed E-state index contributed by atoms with van der Waals surface area (Å²) in [5.74, 6) is 0.630. The Morgan fingerprint density at radius 3 is 2.95 bits per heavy atom. The Morgan fingerprint density at radius 1 is 1.43 bits per heavy atom. The molecule has 2 rings (SSSR count). The fraction of sp³-hybridized carbons (Fsp3) is 0.500. The molecular formula is C14H19N3O4. The van der Waals surface area contributed by atoms with E-state index >= 15 is 0 Å². The minimum atomic E-state index is -0.455. The van der Waals surface area contributed by atoms with Gasteiger partial charge >= 0.3 is 0 Å². The van der Waals surface area contributed by atoms with Crippen molar-refractivity contribution in [3.63, 3.8) is 0 Å². The number of oxazole rings is 1. The number of anilines is 1. The van der Waals surface area contributed by atoms with Gasteiger partial charge in [-0.25, -0.2) is 0 Å². The molecular weight excluding hydrogens is 274 g/mol. The van der Waals surface area contributed by atoms with Crippen LogP contribution in [0.25, 0.3) is 11.1 Å². The van der Waals surface area contributed by atoms with E-state index in [1.54, 1.807) is 6.07 Å². The van der Waals surface area contributed by atoms with Crippen molar-refractivity contribution in [3.05, 3.63) is 28.3 Å². The molecule has 0 bridgehead atoms. The van der Waals surface area contributed by atoms with Crippen LogP contribution in [-0.4, -0.2) is 29.7 Å². The Labute approximate surface area is 122 Å². The minimum absolute atomic E-state index is 0.000584. The van der Waals surface area contributed by atoms with Crippen LogP contribution in [0.2, 0.25) is 0 Å². The lowest BCUT2D eigenvalue weighted by molar-refractivity contribution is -0.384. The quantitative estimate of drug-likeness (QED) is 0.456. The lowest BCUT2D eigenvalue weighted by atomic mass is 10.1. The number of ether oxygens (including phenoxy) is 1. The zero-order valence-corrected chi connectivity index (χ0v) is 12.2. The number of non-ortho nitro benzene ring substituents is 1. The molecule has 0 unspecified atom stereocenters. The van der Waals surface area contributed by atoms with Gasteiger partial charge < -0.3 is 14.5 Å². The second-order valence-electron chi connectivity index (χ2n) is 5.15. The van der Waals surface area contributed by atoms with Crippen molar-refractivity contribution in [2.24, 2.45) is 5.92 Å². The Balaban J connectivity index is 1.84. The number of nitro benzene ring substituents is 1. The third-order valence-corrected chi connectivity index (χ3v) is 2.94. The molecule has 1 aromatic heterocycles. The summed E-state index contributed by atoms with van der Waals surface area (Å²) in [6.07, 6.45) is 1.03. The zero-order valence-electron chi connectivity index (χ0n) is 12.2. The number of nitrogens with zero attached hydrogens (tertiary/aromatic N) is 2. The maximum Gasteiger partial charge on any atom is 0.295 e. The summed E-state index contributed by atoms with van der Waals surface area (Å²) in [5.41, 5.74) is 0.982. The molecule has 0 aliphatic carbocycles. The van der Waals surface area contributed by atoms with Gasteiger partial charge in [0.1, 0.15) is 5.52 Å². The second kappa shape index (κ2) is 7.03. The Kier molecular flexibility index (Phi) is 5.10. The molecule has 114 valence electrons. The second-order valence-corrected chi connectivity index (χ2v) is 5.15. The summed E-state index contributed by atoms with van der Waals surface area (Å²) in [5, 5.41) is 13.7. The van der Waals surface area contributed by atoms with Gasteiger partial charge in [-0.15, -0.1) is 0 Å². The monoisotopic (exact) mass is 293 g/mol. The van der Waals surface area contributed by atoms with Crippen LogP contribution in [0.3, 0.4) is 0 Å². The van der Waals surface area contributed by atoms with Crippen LogP contribution in [0.1, 0.15) is 20.3 Å². The normalized spacial score (nSPS) is 11.2. The average Bonchev–Trinajstić information content (AvgIpc) is 2.83. The van der Waals surface area contributed by atoms with Crippen LogP contribution in [0.5, 0.6) is 0 Å². The first kappa shape index (κ1) is 15.2. The summed E-state index contributed by atoms with van der Waals surface area (Å²) in [6, 6.07) is 4.68. The van der Waals surface area contributed by atoms with Crippen molar-refractivity contribution in [2.45, 2.75) is 20.3 Å². The number of fused-ring (bicyclic) bond motifs is 1. The number of nitro groups is 1. The fourth-order valence-electron chi connectivity index (χ4n) is 1.76. The summed E-state index contributed by atoms with van der Waals surface area (Å²) in [6.45, 7) is 6.18. The Bertz CT molecular complexity index is 609. The first-order valence-electron chi connectivity index (χ1n) is 6.93. The molecule has 1 N–H and O–H groups in total. The molecule has 0 aliphatic heterocycles. The van der Waals surface area contributed by atoms with Crippen LogP contribution in [0.15, 0.2) is 22.6 Å². The average molecular weight is 293 g/mol. The molecule has 0 aliphatic rings. The third kappa shape index (κ3) is 4.42. The lowest BCUT2D eigenvalue weighted by Gasteiger charge is -2.06. The van der Waals surface area contributed by atoms with E-state index in [2.05, 4.69) is 24.1 Å². The van der Waals surface area contributed by atoms with Crippen molar-refractivity contribution in [2.75, 3.05) is 25.1 Å². The van der Waals surface area contributed by atoms with Crippen LogP contribution >= 0.6 is 0 Å². The SMILES string of the molecule is CC(C)CCOCCNc1nc2cc([N+](=O)[O-])ccc2o1. The number of aromatic nitrogens is 1. The fourth-order valence-corrected chi connectivity index (χ4v) is 1.76. The van der Waals surface area contributed by atoms with E-state index in [-0.39, 0.29) is 5.69 Å². The molecule has 1 aromatic carbocycles. The largest absolute Gasteiger partial charge is 0.424 e. The summed E-state index contributed by atoms with van der Waals surface area (Å²) in [7, 11) is 0. The van der Waals surface area contributed by atoms with Crippen molar-refractivity contribution in [1.82, 2.24) is 4.98 Å². The maximum absolute atomic E-state index is 10.7. The predicted molar refractivity (Wildman–Crippen MR) is 79.4 cm³/mol. The molecule has 0 atom stereocenters. The van der Waals surface area contributed by atoms with Crippen molar-refractivity contribution in [1.29, 1.82) is 0 Å². The number of nitrogens with one attached hydrogen (secondary N) is 1. The number of rotatable bonds is 8. The van der Waals surface area contributed by atoms with E-state index in [0.717, 1.165) is 13.0 Å². The first-order valence-corrected chi connectivity index (χ1v) is 6.93. The molecule has 1 heterocycles. The van der Waals surface area contributed by atoms with Crippen molar-refractivity contribution < 1.29 is 14.1 Å². The summed E-state index contributed by atoms with van der Waals surface area (Å²) < 4.78 is 10.9. The van der Waals surface area contributed by atoms with E-state index in [9.17, 15) is 10.1 Å². The molecule has 0 saturated carbocycles. The highest BCUT2D eigenvalue weighted by Crippen LogP contribution is 2.23. The smallest absolute Gasteiger partial charge is 0.295 e. The topological polar surface area (TPSA) is 90.4 Å². The standard InChI is InChI=1S/C14H19N3O4/c1-10(2)5-7-20-8-6-15-14-16-12-9-11(17(18)19)3-4-13(12)21-14/h3-4,9-10H,5-8H2,1-2H3,(H,15,16). The van der Waals surface area contributed by atoms with Gasteiger partial charge in [-0.05, 0) is 18.4 Å². The first-order chi connectivity index (χ1) is 10.1. The van der Waals surface area contributed by atoms with Gasteiger partial charge in [-0.2, -0.15) is 4.98 Å². The molecule has 0 saturated heterocycles. The summed E-state index contributed by atoms with van der Waals surface area (Å²) >= 11 is 0. The minimum Gasteiger partial charge on any atom is -0.424 e. The van der Waals surface area contributed by atoms with Gasteiger partial charge in [0.15, 0.2) is 5.58 Å². The van der Waals surface area contributed by atoms with E-state index in [0.29, 0.717) is 36.2 Å². The molecule has 21 heavy (non-hydrogen) atoms. The van der Waals surface area contributed by atoms with E-state index in [4.69, 9.17) is 9.15 Å². The molecule has 2 aromatic rings. The summed E-state index contributed by atoms with van der Waals surface area (Å²) in [4.78, 5) is 14.4. The van der Waals surface area contributed by atoms with Crippen molar-refractivity contribution in [3.8, 4) is 0 Å². The lowest BCUT2D eigenvalue weighted by Crippen LogP contribution is -2.10. The maximum atomic E-state index is 10.7. The highest BCUT2D eigenvalue weighted by atomic mass is 16.6. The van der Waals surface area contributed by atoms with Gasteiger partial charge in [-0.3, -0.25) is 10.1 Å². The van der Waals surface area contributed by atoms with Crippen LogP contribution < -0.4 is 5.32 Å². The van der Waals surface area contributed by atoms with Crippen LogP contribution in [0, 0.1) is 16.0 Å². The molecule has 0 radical (unpaired) electrons. The van der Waals surface area contributed by atoms with E-state index in [1.807, 2.05) is 0 Å². The Hall–Kier alpha value is -2.15. The van der Waals surface area contributed by atoms with Gasteiger partial charge in [-0.1, -0.05) is 13.8 Å². The zero-order chi connectivity index (χ0) is 15.2. The van der Waals surface area contributed by atoms with Crippen LogP contribution in [0.4, 0.5) is 11.7 Å². The van der Waals surface area contributed by atoms with E-state index in [1.165, 1.54) is 12.1 Å². The molecule has 7 nitrogen and oxygen atoms in total. The van der Waals surface area contributed by atoms with Crippen molar-refractivity contribution >= 4 is 22.8 Å². The number of benzene rings is 1. The Morgan fingerprint density at radius 2 is 2.24 bits per heavy atom. The van der Waals surface area contributed by atoms with Gasteiger partial charge in [0.25, 0.3) is 11.7 Å². The van der Waals surface area contributed by atoms with Gasteiger partial charge in [0, 0.05) is 25.3 Å². The molecule has 0 fully saturated rings. The molecule has 0 spiro atoms. The number of hydrogen-bond donors (Lipinski definition) is 1.